The van der Waals surface area contributed by atoms with Gasteiger partial charge in [-0.3, -0.25) is 9.97 Å². The van der Waals surface area contributed by atoms with Gasteiger partial charge in [0.05, 0.1) is 17.4 Å². The number of halogens is 2. The van der Waals surface area contributed by atoms with E-state index in [0.29, 0.717) is 24.2 Å². The molecule has 1 aliphatic rings. The normalized spacial score (nSPS) is 22.1. The number of aromatic nitrogens is 2. The van der Waals surface area contributed by atoms with Crippen LogP contribution in [0.3, 0.4) is 0 Å². The number of benzene rings is 1. The molecular formula is C20H24F2N4O2. The van der Waals surface area contributed by atoms with E-state index in [1.807, 2.05) is 0 Å². The Balaban J connectivity index is 2.06. The van der Waals surface area contributed by atoms with Crippen molar-refractivity contribution in [3.63, 3.8) is 0 Å². The molecule has 150 valence electrons. The lowest BCUT2D eigenvalue weighted by atomic mass is 9.86. The molecule has 0 radical (unpaired) electrons. The molecule has 0 aliphatic heterocycles. The number of rotatable bonds is 2. The Morgan fingerprint density at radius 2 is 1.86 bits per heavy atom. The minimum absolute atomic E-state index is 0.159. The SMILES string of the molecule is CC(C)(C)OC(=O)NC1c2nccnc2C(N)CCC1c1cccc(F)c1F. The van der Waals surface area contributed by atoms with Crippen molar-refractivity contribution in [3.05, 3.63) is 59.2 Å². The molecule has 0 saturated heterocycles. The van der Waals surface area contributed by atoms with E-state index >= 15 is 0 Å². The van der Waals surface area contributed by atoms with E-state index in [0.717, 1.165) is 6.07 Å². The zero-order chi connectivity index (χ0) is 20.5. The van der Waals surface area contributed by atoms with Crippen LogP contribution in [0.2, 0.25) is 0 Å². The lowest BCUT2D eigenvalue weighted by Crippen LogP contribution is -2.38. The van der Waals surface area contributed by atoms with Crippen molar-refractivity contribution in [2.75, 3.05) is 0 Å². The summed E-state index contributed by atoms with van der Waals surface area (Å²) in [5.74, 6) is -2.46. The van der Waals surface area contributed by atoms with Gasteiger partial charge in [-0.05, 0) is 45.2 Å². The van der Waals surface area contributed by atoms with Crippen molar-refractivity contribution in [2.45, 2.75) is 57.2 Å². The van der Waals surface area contributed by atoms with Crippen LogP contribution in [0.15, 0.2) is 30.6 Å². The molecule has 3 atom stereocenters. The van der Waals surface area contributed by atoms with E-state index in [1.54, 1.807) is 20.8 Å². The van der Waals surface area contributed by atoms with Crippen LogP contribution in [0.25, 0.3) is 0 Å². The standard InChI is InChI=1S/C20H24F2N4O2/c1-20(2,3)28-19(27)26-16-12(11-5-4-6-13(21)15(11)22)7-8-14(23)17-18(16)25-10-9-24-17/h4-6,9-10,12,14,16H,7-8,23H2,1-3H3,(H,26,27). The minimum atomic E-state index is -0.943. The van der Waals surface area contributed by atoms with Gasteiger partial charge in [0.1, 0.15) is 5.60 Å². The Kier molecular flexibility index (Phi) is 5.60. The van der Waals surface area contributed by atoms with Crippen molar-refractivity contribution in [1.82, 2.24) is 15.3 Å². The second-order valence-corrected chi connectivity index (χ2v) is 7.88. The molecule has 2 aromatic rings. The number of carbonyl (C=O) groups excluding carboxylic acids is 1. The van der Waals surface area contributed by atoms with E-state index in [2.05, 4.69) is 15.3 Å². The fourth-order valence-corrected chi connectivity index (χ4v) is 3.48. The first-order valence-electron chi connectivity index (χ1n) is 9.17. The van der Waals surface area contributed by atoms with Crippen LogP contribution >= 0.6 is 0 Å². The lowest BCUT2D eigenvalue weighted by Gasteiger charge is -2.29. The highest BCUT2D eigenvalue weighted by Crippen LogP contribution is 2.42. The van der Waals surface area contributed by atoms with Gasteiger partial charge in [0.25, 0.3) is 0 Å². The van der Waals surface area contributed by atoms with Crippen molar-refractivity contribution in [2.24, 2.45) is 5.73 Å². The number of alkyl carbamates (subject to hydrolysis) is 1. The van der Waals surface area contributed by atoms with Crippen LogP contribution in [0.5, 0.6) is 0 Å². The average molecular weight is 390 g/mol. The van der Waals surface area contributed by atoms with Crippen molar-refractivity contribution >= 4 is 6.09 Å². The molecule has 1 aromatic carbocycles. The molecule has 3 unspecified atom stereocenters. The molecule has 6 nitrogen and oxygen atoms in total. The van der Waals surface area contributed by atoms with Crippen LogP contribution in [-0.2, 0) is 4.74 Å². The summed E-state index contributed by atoms with van der Waals surface area (Å²) >= 11 is 0. The number of fused-ring (bicyclic) bond motifs is 1. The first-order valence-corrected chi connectivity index (χ1v) is 9.17. The Morgan fingerprint density at radius 1 is 1.18 bits per heavy atom. The highest BCUT2D eigenvalue weighted by molar-refractivity contribution is 5.68. The van der Waals surface area contributed by atoms with Crippen LogP contribution < -0.4 is 11.1 Å². The molecule has 0 fully saturated rings. The van der Waals surface area contributed by atoms with Crippen molar-refractivity contribution in [3.8, 4) is 0 Å². The van der Waals surface area contributed by atoms with Gasteiger partial charge >= 0.3 is 6.09 Å². The maximum atomic E-state index is 14.6. The number of nitrogens with one attached hydrogen (secondary N) is 1. The summed E-state index contributed by atoms with van der Waals surface area (Å²) in [6.07, 6.45) is 3.23. The van der Waals surface area contributed by atoms with Crippen LogP contribution in [0.4, 0.5) is 13.6 Å². The maximum Gasteiger partial charge on any atom is 0.408 e. The van der Waals surface area contributed by atoms with Gasteiger partial charge in [0, 0.05) is 24.4 Å². The number of hydrogen-bond donors (Lipinski definition) is 2. The Morgan fingerprint density at radius 3 is 2.54 bits per heavy atom. The summed E-state index contributed by atoms with van der Waals surface area (Å²) in [4.78, 5) is 21.2. The van der Waals surface area contributed by atoms with Gasteiger partial charge in [-0.15, -0.1) is 0 Å². The van der Waals surface area contributed by atoms with E-state index < -0.39 is 41.3 Å². The van der Waals surface area contributed by atoms with Gasteiger partial charge < -0.3 is 15.8 Å². The first kappa shape index (κ1) is 20.1. The minimum Gasteiger partial charge on any atom is -0.444 e. The van der Waals surface area contributed by atoms with E-state index in [4.69, 9.17) is 10.5 Å². The third-order valence-corrected chi connectivity index (χ3v) is 4.65. The fraction of sp³-hybridized carbons (Fsp3) is 0.450. The molecule has 0 spiro atoms. The Labute approximate surface area is 162 Å². The lowest BCUT2D eigenvalue weighted by molar-refractivity contribution is 0.0493. The van der Waals surface area contributed by atoms with Gasteiger partial charge in [-0.1, -0.05) is 12.1 Å². The first-order chi connectivity index (χ1) is 13.2. The summed E-state index contributed by atoms with van der Waals surface area (Å²) in [6.45, 7) is 5.23. The van der Waals surface area contributed by atoms with Gasteiger partial charge in [0.2, 0.25) is 0 Å². The smallest absolute Gasteiger partial charge is 0.408 e. The summed E-state index contributed by atoms with van der Waals surface area (Å²) in [5.41, 5.74) is 6.65. The summed E-state index contributed by atoms with van der Waals surface area (Å²) in [5, 5.41) is 2.78. The quantitative estimate of drug-likeness (QED) is 0.759. The predicted molar refractivity (Wildman–Crippen MR) is 99.4 cm³/mol. The molecule has 0 bridgehead atoms. The predicted octanol–water partition coefficient (Wildman–Crippen LogP) is 3.90. The molecule has 3 rings (SSSR count). The largest absolute Gasteiger partial charge is 0.444 e. The van der Waals surface area contributed by atoms with E-state index in [9.17, 15) is 13.6 Å². The van der Waals surface area contributed by atoms with Crippen LogP contribution in [0, 0.1) is 11.6 Å². The molecule has 3 N–H and O–H groups in total. The number of hydrogen-bond acceptors (Lipinski definition) is 5. The number of nitrogens with two attached hydrogens (primary N) is 1. The number of ether oxygens (including phenoxy) is 1. The third kappa shape index (κ3) is 4.27. The Bertz CT molecular complexity index is 870. The topological polar surface area (TPSA) is 90.1 Å². The second-order valence-electron chi connectivity index (χ2n) is 7.88. The number of amides is 1. The van der Waals surface area contributed by atoms with Crippen LogP contribution in [-0.4, -0.2) is 21.7 Å². The second kappa shape index (κ2) is 7.79. The molecule has 28 heavy (non-hydrogen) atoms. The number of nitrogens with zero attached hydrogens (tertiary/aromatic N) is 2. The molecule has 1 aromatic heterocycles. The third-order valence-electron chi connectivity index (χ3n) is 4.65. The average Bonchev–Trinajstić information content (AvgIpc) is 2.74. The maximum absolute atomic E-state index is 14.6. The fourth-order valence-electron chi connectivity index (χ4n) is 3.48. The summed E-state index contributed by atoms with van der Waals surface area (Å²) in [7, 11) is 0. The summed E-state index contributed by atoms with van der Waals surface area (Å²) < 4.78 is 33.8. The zero-order valence-electron chi connectivity index (χ0n) is 16.1. The summed E-state index contributed by atoms with van der Waals surface area (Å²) in [6, 6.07) is 2.84. The highest BCUT2D eigenvalue weighted by atomic mass is 19.2. The van der Waals surface area contributed by atoms with Gasteiger partial charge in [-0.2, -0.15) is 0 Å². The molecular weight excluding hydrogens is 366 g/mol. The van der Waals surface area contributed by atoms with E-state index in [1.165, 1.54) is 24.5 Å². The van der Waals surface area contributed by atoms with Gasteiger partial charge in [0.15, 0.2) is 11.6 Å². The Hall–Kier alpha value is -2.61. The molecule has 8 heteroatoms. The molecule has 1 aliphatic carbocycles. The molecule has 0 saturated carbocycles. The number of carbonyl (C=O) groups is 1. The van der Waals surface area contributed by atoms with Crippen molar-refractivity contribution in [1.29, 1.82) is 0 Å². The van der Waals surface area contributed by atoms with Gasteiger partial charge in [-0.25, -0.2) is 13.6 Å². The van der Waals surface area contributed by atoms with Crippen molar-refractivity contribution < 1.29 is 18.3 Å². The zero-order valence-corrected chi connectivity index (χ0v) is 16.1. The monoisotopic (exact) mass is 390 g/mol. The molecule has 1 amide bonds. The molecule has 1 heterocycles. The van der Waals surface area contributed by atoms with Crippen LogP contribution in [0.1, 0.15) is 68.6 Å². The highest BCUT2D eigenvalue weighted by Gasteiger charge is 2.37. The van der Waals surface area contributed by atoms with E-state index in [-0.39, 0.29) is 5.56 Å².